The van der Waals surface area contributed by atoms with Crippen LogP contribution in [0.5, 0.6) is 11.5 Å². The molecule has 1 aromatic rings. The first-order chi connectivity index (χ1) is 13.9. The minimum absolute atomic E-state index is 0.0724. The van der Waals surface area contributed by atoms with Crippen LogP contribution >= 0.6 is 0 Å². The molecule has 29 heavy (non-hydrogen) atoms. The number of rotatable bonds is 4. The number of carbonyl (C=O) groups excluding carboxylic acids is 3. The molecule has 1 saturated carbocycles. The van der Waals surface area contributed by atoms with Crippen LogP contribution in [-0.2, 0) is 16.1 Å². The molecular weight excluding hydrogens is 374 g/mol. The molecule has 8 heteroatoms. The SMILES string of the molecule is C[C@@H]1CCCC[C@@]12NC(=O)N(CC(=O)N(C)Cc1ccc3c(c1)OCCO3)C2=O. The molecule has 3 aliphatic rings. The fraction of sp³-hybridized carbons (Fsp3) is 0.571. The highest BCUT2D eigenvalue weighted by Gasteiger charge is 2.55. The van der Waals surface area contributed by atoms with Crippen molar-refractivity contribution in [2.45, 2.75) is 44.7 Å². The maximum Gasteiger partial charge on any atom is 0.325 e. The smallest absolute Gasteiger partial charge is 0.325 e. The zero-order valence-electron chi connectivity index (χ0n) is 16.9. The number of nitrogens with zero attached hydrogens (tertiary/aromatic N) is 2. The van der Waals surface area contributed by atoms with E-state index in [1.54, 1.807) is 7.05 Å². The summed E-state index contributed by atoms with van der Waals surface area (Å²) < 4.78 is 11.1. The summed E-state index contributed by atoms with van der Waals surface area (Å²) in [5, 5.41) is 2.88. The van der Waals surface area contributed by atoms with Crippen LogP contribution in [0.4, 0.5) is 4.79 Å². The Morgan fingerprint density at radius 3 is 2.76 bits per heavy atom. The first-order valence-corrected chi connectivity index (χ1v) is 10.2. The monoisotopic (exact) mass is 401 g/mol. The van der Waals surface area contributed by atoms with Crippen LogP contribution < -0.4 is 14.8 Å². The van der Waals surface area contributed by atoms with Gasteiger partial charge in [0.2, 0.25) is 5.91 Å². The Morgan fingerprint density at radius 1 is 1.24 bits per heavy atom. The van der Waals surface area contributed by atoms with Crippen molar-refractivity contribution in [2.75, 3.05) is 26.8 Å². The van der Waals surface area contributed by atoms with Crippen molar-refractivity contribution >= 4 is 17.8 Å². The van der Waals surface area contributed by atoms with E-state index < -0.39 is 11.6 Å². The van der Waals surface area contributed by atoms with Gasteiger partial charge in [0, 0.05) is 13.6 Å². The van der Waals surface area contributed by atoms with Gasteiger partial charge in [0.05, 0.1) is 0 Å². The fourth-order valence-corrected chi connectivity index (χ4v) is 4.44. The van der Waals surface area contributed by atoms with Crippen LogP contribution in [-0.4, -0.2) is 60.0 Å². The van der Waals surface area contributed by atoms with Crippen molar-refractivity contribution in [3.8, 4) is 11.5 Å². The van der Waals surface area contributed by atoms with Gasteiger partial charge in [0.15, 0.2) is 11.5 Å². The van der Waals surface area contributed by atoms with Gasteiger partial charge in [-0.2, -0.15) is 0 Å². The van der Waals surface area contributed by atoms with Crippen LogP contribution in [0.1, 0.15) is 38.2 Å². The number of nitrogens with one attached hydrogen (secondary N) is 1. The zero-order chi connectivity index (χ0) is 20.6. The van der Waals surface area contributed by atoms with E-state index in [4.69, 9.17) is 9.47 Å². The molecule has 2 heterocycles. The van der Waals surface area contributed by atoms with Crippen LogP contribution in [0.15, 0.2) is 18.2 Å². The second-order valence-electron chi connectivity index (χ2n) is 8.17. The molecule has 4 rings (SSSR count). The Labute approximate surface area is 170 Å². The van der Waals surface area contributed by atoms with Crippen molar-refractivity contribution in [1.29, 1.82) is 0 Å². The van der Waals surface area contributed by atoms with Gasteiger partial charge in [0.1, 0.15) is 25.3 Å². The summed E-state index contributed by atoms with van der Waals surface area (Å²) in [7, 11) is 1.66. The van der Waals surface area contributed by atoms with Crippen molar-refractivity contribution in [1.82, 2.24) is 15.1 Å². The third-order valence-electron chi connectivity index (χ3n) is 6.25. The summed E-state index contributed by atoms with van der Waals surface area (Å²) in [5.41, 5.74) is 0.0453. The zero-order valence-corrected chi connectivity index (χ0v) is 16.9. The normalized spacial score (nSPS) is 25.9. The molecule has 0 aromatic heterocycles. The Kier molecular flexibility index (Phi) is 5.10. The van der Waals surface area contributed by atoms with Gasteiger partial charge in [-0.1, -0.05) is 25.8 Å². The summed E-state index contributed by atoms with van der Waals surface area (Å²) in [4.78, 5) is 40.8. The maximum atomic E-state index is 13.0. The number of carbonyl (C=O) groups is 3. The lowest BCUT2D eigenvalue weighted by Gasteiger charge is -2.36. The Hall–Kier alpha value is -2.77. The summed E-state index contributed by atoms with van der Waals surface area (Å²) >= 11 is 0. The topological polar surface area (TPSA) is 88.2 Å². The summed E-state index contributed by atoms with van der Waals surface area (Å²) in [6, 6.07) is 5.09. The Morgan fingerprint density at radius 2 is 2.00 bits per heavy atom. The maximum absolute atomic E-state index is 13.0. The van der Waals surface area contributed by atoms with Gasteiger partial charge in [-0.05, 0) is 36.5 Å². The van der Waals surface area contributed by atoms with Crippen LogP contribution in [0.2, 0.25) is 0 Å². The van der Waals surface area contributed by atoms with E-state index in [-0.39, 0.29) is 24.3 Å². The number of ether oxygens (including phenoxy) is 2. The van der Waals surface area contributed by atoms with Crippen molar-refractivity contribution in [2.24, 2.45) is 5.92 Å². The van der Waals surface area contributed by atoms with Gasteiger partial charge in [-0.3, -0.25) is 14.5 Å². The van der Waals surface area contributed by atoms with Crippen LogP contribution in [0, 0.1) is 5.92 Å². The highest BCUT2D eigenvalue weighted by atomic mass is 16.6. The second-order valence-corrected chi connectivity index (χ2v) is 8.17. The fourth-order valence-electron chi connectivity index (χ4n) is 4.44. The molecule has 4 amide bonds. The molecule has 2 aliphatic heterocycles. The number of fused-ring (bicyclic) bond motifs is 1. The van der Waals surface area contributed by atoms with E-state index in [1.807, 2.05) is 25.1 Å². The van der Waals surface area contributed by atoms with Crippen LogP contribution in [0.25, 0.3) is 0 Å². The molecule has 1 saturated heterocycles. The summed E-state index contributed by atoms with van der Waals surface area (Å²) in [6.45, 7) is 3.12. The standard InChI is InChI=1S/C21H27N3O5/c1-14-5-3-4-8-21(14)19(26)24(20(27)22-21)13-18(25)23(2)12-15-6-7-16-17(11-15)29-10-9-28-16/h6-7,11,14H,3-5,8-10,12-13H2,1-2H3,(H,22,27)/t14-,21-/m1/s1. The number of imide groups is 1. The number of hydrogen-bond donors (Lipinski definition) is 1. The molecule has 0 radical (unpaired) electrons. The lowest BCUT2D eigenvalue weighted by Crippen LogP contribution is -2.54. The number of benzene rings is 1. The molecule has 8 nitrogen and oxygen atoms in total. The lowest BCUT2D eigenvalue weighted by molar-refractivity contribution is -0.140. The molecule has 0 bridgehead atoms. The molecule has 1 aromatic carbocycles. The number of hydrogen-bond acceptors (Lipinski definition) is 5. The predicted octanol–water partition coefficient (Wildman–Crippen LogP) is 1.92. The molecule has 156 valence electrons. The molecule has 1 aliphatic carbocycles. The molecule has 1 spiro atoms. The predicted molar refractivity (Wildman–Crippen MR) is 105 cm³/mol. The molecule has 2 fully saturated rings. The average Bonchev–Trinajstić information content (AvgIpc) is 2.95. The quantitative estimate of drug-likeness (QED) is 0.779. The van der Waals surface area contributed by atoms with Crippen LogP contribution in [0.3, 0.4) is 0 Å². The average molecular weight is 401 g/mol. The Bertz CT molecular complexity index is 842. The largest absolute Gasteiger partial charge is 0.486 e. The molecule has 0 unspecified atom stereocenters. The van der Waals surface area contributed by atoms with Crippen molar-refractivity contribution in [3.05, 3.63) is 23.8 Å². The first kappa shape index (κ1) is 19.5. The highest BCUT2D eigenvalue weighted by Crippen LogP contribution is 2.38. The van der Waals surface area contributed by atoms with E-state index >= 15 is 0 Å². The minimum atomic E-state index is -0.843. The number of likely N-dealkylation sites (N-methyl/N-ethyl adjacent to an activating group) is 1. The number of amides is 4. The summed E-state index contributed by atoms with van der Waals surface area (Å²) in [5.74, 6) is 0.875. The van der Waals surface area contributed by atoms with Gasteiger partial charge in [-0.25, -0.2) is 4.79 Å². The molecule has 2 atom stereocenters. The number of urea groups is 1. The molecular formula is C21H27N3O5. The second kappa shape index (κ2) is 7.57. The van der Waals surface area contributed by atoms with E-state index in [0.717, 1.165) is 29.7 Å². The van der Waals surface area contributed by atoms with Gasteiger partial charge < -0.3 is 19.7 Å². The third kappa shape index (κ3) is 3.52. The third-order valence-corrected chi connectivity index (χ3v) is 6.25. The Balaban J connectivity index is 1.41. The lowest BCUT2D eigenvalue weighted by atomic mass is 9.73. The minimum Gasteiger partial charge on any atom is -0.486 e. The van der Waals surface area contributed by atoms with E-state index in [9.17, 15) is 14.4 Å². The van der Waals surface area contributed by atoms with Gasteiger partial charge in [-0.15, -0.1) is 0 Å². The van der Waals surface area contributed by atoms with Crippen molar-refractivity contribution in [3.63, 3.8) is 0 Å². The van der Waals surface area contributed by atoms with E-state index in [2.05, 4.69) is 5.32 Å². The van der Waals surface area contributed by atoms with Gasteiger partial charge in [0.25, 0.3) is 5.91 Å². The summed E-state index contributed by atoms with van der Waals surface area (Å²) in [6.07, 6.45) is 3.50. The molecule has 1 N–H and O–H groups in total. The van der Waals surface area contributed by atoms with E-state index in [1.165, 1.54) is 4.90 Å². The van der Waals surface area contributed by atoms with Gasteiger partial charge >= 0.3 is 6.03 Å². The first-order valence-electron chi connectivity index (χ1n) is 10.2. The van der Waals surface area contributed by atoms with Crippen molar-refractivity contribution < 1.29 is 23.9 Å². The highest BCUT2D eigenvalue weighted by molar-refractivity contribution is 6.09. The van der Waals surface area contributed by atoms with E-state index in [0.29, 0.717) is 37.7 Å².